The van der Waals surface area contributed by atoms with Crippen LogP contribution in [0.25, 0.3) is 0 Å². The largest absolute Gasteiger partial charge is 0.396 e. The summed E-state index contributed by atoms with van der Waals surface area (Å²) in [6.07, 6.45) is 16.9. The third kappa shape index (κ3) is 13.9. The zero-order valence-corrected chi connectivity index (χ0v) is 12.9. The lowest BCUT2D eigenvalue weighted by atomic mass is 9.96. The Kier molecular flexibility index (Phi) is 15.4. The van der Waals surface area contributed by atoms with Crippen molar-refractivity contribution in [1.82, 2.24) is 0 Å². The molecule has 0 aromatic carbocycles. The maximum atomic E-state index is 10.2. The molecule has 2 heteroatoms. The summed E-state index contributed by atoms with van der Waals surface area (Å²) in [7, 11) is 0. The molecule has 0 aliphatic heterocycles. The second-order valence-electron chi connectivity index (χ2n) is 5.76. The van der Waals surface area contributed by atoms with Crippen LogP contribution in [0.4, 0.5) is 0 Å². The smallest absolute Gasteiger partial charge is 0.119 e. The predicted molar refractivity (Wildman–Crippen MR) is 82.3 cm³/mol. The van der Waals surface area contributed by atoms with Crippen LogP contribution >= 0.6 is 0 Å². The molecule has 19 heavy (non-hydrogen) atoms. The van der Waals surface area contributed by atoms with Crippen LogP contribution in [-0.2, 0) is 4.79 Å². The van der Waals surface area contributed by atoms with E-state index in [4.69, 9.17) is 0 Å². The van der Waals surface area contributed by atoms with Gasteiger partial charge in [-0.15, -0.1) is 0 Å². The summed E-state index contributed by atoms with van der Waals surface area (Å²) in [5.41, 5.74) is 0. The van der Waals surface area contributed by atoms with Gasteiger partial charge in [-0.2, -0.15) is 0 Å². The number of unbranched alkanes of at least 4 members (excludes halogenated alkanes) is 9. The number of aldehydes is 1. The van der Waals surface area contributed by atoms with Gasteiger partial charge in [-0.05, 0) is 25.2 Å². The van der Waals surface area contributed by atoms with Crippen molar-refractivity contribution in [2.24, 2.45) is 5.92 Å². The zero-order valence-electron chi connectivity index (χ0n) is 12.9. The van der Waals surface area contributed by atoms with Gasteiger partial charge in [-0.25, -0.2) is 0 Å². The molecule has 0 saturated heterocycles. The number of rotatable bonds is 15. The van der Waals surface area contributed by atoms with Crippen LogP contribution in [0.2, 0.25) is 0 Å². The van der Waals surface area contributed by atoms with E-state index in [0.717, 1.165) is 25.5 Å². The highest BCUT2D eigenvalue weighted by atomic mass is 16.3. The Morgan fingerprint density at radius 2 is 1.37 bits per heavy atom. The van der Waals surface area contributed by atoms with Gasteiger partial charge in [-0.1, -0.05) is 64.7 Å². The Hall–Kier alpha value is -0.370. The van der Waals surface area contributed by atoms with Crippen molar-refractivity contribution >= 4 is 6.29 Å². The third-order valence-corrected chi connectivity index (χ3v) is 3.91. The van der Waals surface area contributed by atoms with Crippen LogP contribution in [0.5, 0.6) is 0 Å². The Bertz CT molecular complexity index is 180. The van der Waals surface area contributed by atoms with E-state index < -0.39 is 0 Å². The molecule has 0 fully saturated rings. The van der Waals surface area contributed by atoms with Crippen LogP contribution in [0.1, 0.15) is 90.4 Å². The van der Waals surface area contributed by atoms with Gasteiger partial charge in [0, 0.05) is 13.0 Å². The van der Waals surface area contributed by atoms with Crippen LogP contribution in [-0.4, -0.2) is 18.0 Å². The van der Waals surface area contributed by atoms with Gasteiger partial charge in [0.25, 0.3) is 0 Å². The fourth-order valence-electron chi connectivity index (χ4n) is 2.56. The molecule has 1 unspecified atom stereocenters. The summed E-state index contributed by atoms with van der Waals surface area (Å²) in [6.45, 7) is 2.54. The Labute approximate surface area is 120 Å². The fourth-order valence-corrected chi connectivity index (χ4v) is 2.56. The van der Waals surface area contributed by atoms with Gasteiger partial charge in [0.15, 0.2) is 0 Å². The third-order valence-electron chi connectivity index (χ3n) is 3.91. The van der Waals surface area contributed by atoms with Gasteiger partial charge in [0.2, 0.25) is 0 Å². The van der Waals surface area contributed by atoms with Crippen molar-refractivity contribution in [3.05, 3.63) is 0 Å². The minimum Gasteiger partial charge on any atom is -0.396 e. The first-order valence-electron chi connectivity index (χ1n) is 8.39. The SMILES string of the molecule is CCCCCCCCCCCC(CO)CCCC=O. The number of aliphatic hydroxyl groups is 1. The van der Waals surface area contributed by atoms with Crippen molar-refractivity contribution in [3.8, 4) is 0 Å². The van der Waals surface area contributed by atoms with Crippen molar-refractivity contribution in [1.29, 1.82) is 0 Å². The molecular formula is C17H34O2. The molecule has 0 radical (unpaired) electrons. The van der Waals surface area contributed by atoms with Crippen molar-refractivity contribution in [2.45, 2.75) is 90.4 Å². The molecule has 0 saturated carbocycles. The first-order chi connectivity index (χ1) is 9.35. The summed E-state index contributed by atoms with van der Waals surface area (Å²) in [5.74, 6) is 0.421. The highest BCUT2D eigenvalue weighted by molar-refractivity contribution is 5.48. The lowest BCUT2D eigenvalue weighted by Crippen LogP contribution is -2.06. The maximum Gasteiger partial charge on any atom is 0.119 e. The summed E-state index contributed by atoms with van der Waals surface area (Å²) in [4.78, 5) is 10.2. The molecule has 1 atom stereocenters. The number of hydrogen-bond acceptors (Lipinski definition) is 2. The molecule has 0 aliphatic carbocycles. The van der Waals surface area contributed by atoms with E-state index in [1.807, 2.05) is 0 Å². The molecule has 0 aliphatic rings. The number of carbonyl (C=O) groups excluding carboxylic acids is 1. The Morgan fingerprint density at radius 1 is 0.842 bits per heavy atom. The molecule has 2 nitrogen and oxygen atoms in total. The van der Waals surface area contributed by atoms with Crippen molar-refractivity contribution in [2.75, 3.05) is 6.61 Å². The topological polar surface area (TPSA) is 37.3 Å². The molecule has 0 rings (SSSR count). The highest BCUT2D eigenvalue weighted by Gasteiger charge is 2.06. The monoisotopic (exact) mass is 270 g/mol. The van der Waals surface area contributed by atoms with Gasteiger partial charge in [-0.3, -0.25) is 0 Å². The number of hydrogen-bond donors (Lipinski definition) is 1. The van der Waals surface area contributed by atoms with Crippen LogP contribution in [0.15, 0.2) is 0 Å². The predicted octanol–water partition coefficient (Wildman–Crippen LogP) is 4.89. The summed E-state index contributed by atoms with van der Waals surface area (Å²) in [5, 5.41) is 9.26. The summed E-state index contributed by atoms with van der Waals surface area (Å²) < 4.78 is 0. The summed E-state index contributed by atoms with van der Waals surface area (Å²) in [6, 6.07) is 0. The van der Waals surface area contributed by atoms with E-state index >= 15 is 0 Å². The molecule has 0 heterocycles. The first-order valence-corrected chi connectivity index (χ1v) is 8.39. The van der Waals surface area contributed by atoms with E-state index in [1.165, 1.54) is 57.8 Å². The standard InChI is InChI=1S/C17H34O2/c1-2-3-4-5-6-7-8-9-10-13-17(16-19)14-11-12-15-18/h15,17,19H,2-14,16H2,1H3. The minimum absolute atomic E-state index is 0.288. The van der Waals surface area contributed by atoms with E-state index in [-0.39, 0.29) is 6.61 Å². The molecule has 1 N–H and O–H groups in total. The van der Waals surface area contributed by atoms with E-state index in [1.54, 1.807) is 0 Å². The highest BCUT2D eigenvalue weighted by Crippen LogP contribution is 2.17. The van der Waals surface area contributed by atoms with Gasteiger partial charge in [0.05, 0.1) is 0 Å². The molecule has 0 spiro atoms. The van der Waals surface area contributed by atoms with Crippen molar-refractivity contribution < 1.29 is 9.90 Å². The molecule has 0 aromatic heterocycles. The molecule has 114 valence electrons. The Balaban J connectivity index is 3.24. The van der Waals surface area contributed by atoms with Gasteiger partial charge in [0.1, 0.15) is 6.29 Å². The lowest BCUT2D eigenvalue weighted by molar-refractivity contribution is -0.108. The first kappa shape index (κ1) is 18.6. The van der Waals surface area contributed by atoms with Crippen molar-refractivity contribution in [3.63, 3.8) is 0 Å². The minimum atomic E-state index is 0.288. The molecular weight excluding hydrogens is 236 g/mol. The van der Waals surface area contributed by atoms with E-state index in [9.17, 15) is 9.90 Å². The fraction of sp³-hybridized carbons (Fsp3) is 0.941. The maximum absolute atomic E-state index is 10.2. The second-order valence-corrected chi connectivity index (χ2v) is 5.76. The quantitative estimate of drug-likeness (QED) is 0.340. The number of aliphatic hydroxyl groups excluding tert-OH is 1. The second kappa shape index (κ2) is 15.7. The lowest BCUT2D eigenvalue weighted by Gasteiger charge is -2.12. The summed E-state index contributed by atoms with van der Waals surface area (Å²) >= 11 is 0. The zero-order chi connectivity index (χ0) is 14.2. The van der Waals surface area contributed by atoms with Gasteiger partial charge < -0.3 is 9.90 Å². The average molecular weight is 270 g/mol. The normalized spacial score (nSPS) is 12.5. The average Bonchev–Trinajstić information content (AvgIpc) is 2.43. The van der Waals surface area contributed by atoms with Crippen LogP contribution in [0, 0.1) is 5.92 Å². The molecule has 0 bridgehead atoms. The van der Waals surface area contributed by atoms with Crippen LogP contribution in [0.3, 0.4) is 0 Å². The van der Waals surface area contributed by atoms with Gasteiger partial charge >= 0.3 is 0 Å². The molecule has 0 aromatic rings. The Morgan fingerprint density at radius 3 is 1.89 bits per heavy atom. The van der Waals surface area contributed by atoms with E-state index in [0.29, 0.717) is 12.3 Å². The number of carbonyl (C=O) groups is 1. The van der Waals surface area contributed by atoms with E-state index in [2.05, 4.69) is 6.92 Å². The van der Waals surface area contributed by atoms with Crippen LogP contribution < -0.4 is 0 Å². The molecule has 0 amide bonds.